The molecule has 8 heteroatoms. The van der Waals surface area contributed by atoms with Gasteiger partial charge < -0.3 is 11.1 Å². The predicted molar refractivity (Wildman–Crippen MR) is 96.3 cm³/mol. The van der Waals surface area contributed by atoms with Gasteiger partial charge in [-0.2, -0.15) is 0 Å². The van der Waals surface area contributed by atoms with Crippen LogP contribution in [0.3, 0.4) is 0 Å². The lowest BCUT2D eigenvalue weighted by Gasteiger charge is -2.16. The minimum atomic E-state index is -0.389. The Balaban J connectivity index is 1.92. The molecule has 1 aromatic carbocycles. The summed E-state index contributed by atoms with van der Waals surface area (Å²) in [5.74, 6) is -0.160. The number of nitrogens with one attached hydrogen (secondary N) is 1. The quantitative estimate of drug-likeness (QED) is 0.730. The van der Waals surface area contributed by atoms with Crippen molar-refractivity contribution in [3.8, 4) is 0 Å². The summed E-state index contributed by atoms with van der Waals surface area (Å²) in [7, 11) is 0. The van der Waals surface area contributed by atoms with E-state index in [0.29, 0.717) is 15.0 Å². The van der Waals surface area contributed by atoms with Gasteiger partial charge in [0.15, 0.2) is 0 Å². The highest BCUT2D eigenvalue weighted by Gasteiger charge is 2.23. The van der Waals surface area contributed by atoms with Crippen LogP contribution in [0.25, 0.3) is 0 Å². The molecule has 2 heterocycles. The van der Waals surface area contributed by atoms with Gasteiger partial charge in [0, 0.05) is 0 Å². The monoisotopic (exact) mass is 359 g/mol. The molecule has 1 amide bonds. The van der Waals surface area contributed by atoms with Crippen LogP contribution in [0.5, 0.6) is 0 Å². The van der Waals surface area contributed by atoms with Gasteiger partial charge in [0.05, 0.1) is 10.7 Å². The first-order valence-corrected chi connectivity index (χ1v) is 9.12. The number of hydrogen-bond acceptors (Lipinski definition) is 7. The SMILES string of the molecule is CCc1nc(C)c(C(=O)N[C@@H](c2ccccc2)c2nnc(N)s2)s1. The van der Waals surface area contributed by atoms with Crippen molar-refractivity contribution in [2.24, 2.45) is 0 Å². The highest BCUT2D eigenvalue weighted by Crippen LogP contribution is 2.27. The number of nitrogens with zero attached hydrogens (tertiary/aromatic N) is 3. The van der Waals surface area contributed by atoms with E-state index in [0.717, 1.165) is 22.7 Å². The molecule has 0 bridgehead atoms. The third kappa shape index (κ3) is 3.44. The maximum absolute atomic E-state index is 12.7. The molecular weight excluding hydrogens is 342 g/mol. The molecule has 24 heavy (non-hydrogen) atoms. The van der Waals surface area contributed by atoms with Crippen molar-refractivity contribution in [3.05, 3.63) is 56.5 Å². The maximum Gasteiger partial charge on any atom is 0.264 e. The zero-order valence-corrected chi connectivity index (χ0v) is 14.9. The van der Waals surface area contributed by atoms with Crippen LogP contribution in [0, 0.1) is 6.92 Å². The molecule has 0 unspecified atom stereocenters. The van der Waals surface area contributed by atoms with Crippen LogP contribution in [0.15, 0.2) is 30.3 Å². The number of hydrogen-bond donors (Lipinski definition) is 2. The van der Waals surface area contributed by atoms with Crippen LogP contribution in [0.2, 0.25) is 0 Å². The Morgan fingerprint density at radius 3 is 2.58 bits per heavy atom. The number of anilines is 1. The lowest BCUT2D eigenvalue weighted by molar-refractivity contribution is 0.0946. The number of rotatable bonds is 5. The average molecular weight is 359 g/mol. The number of carbonyl (C=O) groups is 1. The number of nitrogens with two attached hydrogens (primary N) is 1. The van der Waals surface area contributed by atoms with Crippen LogP contribution in [-0.4, -0.2) is 21.1 Å². The molecular formula is C16H17N5OS2. The van der Waals surface area contributed by atoms with E-state index in [1.54, 1.807) is 0 Å². The van der Waals surface area contributed by atoms with Crippen molar-refractivity contribution in [2.45, 2.75) is 26.3 Å². The molecule has 0 fully saturated rings. The molecule has 0 radical (unpaired) electrons. The Morgan fingerprint density at radius 1 is 1.25 bits per heavy atom. The lowest BCUT2D eigenvalue weighted by atomic mass is 10.1. The summed E-state index contributed by atoms with van der Waals surface area (Å²) in [6.45, 7) is 3.88. The number of thiazole rings is 1. The van der Waals surface area contributed by atoms with Crippen molar-refractivity contribution in [1.82, 2.24) is 20.5 Å². The molecule has 6 nitrogen and oxygen atoms in total. The summed E-state index contributed by atoms with van der Waals surface area (Å²) in [6, 6.07) is 9.27. The highest BCUT2D eigenvalue weighted by molar-refractivity contribution is 7.15. The van der Waals surface area contributed by atoms with Crippen molar-refractivity contribution in [3.63, 3.8) is 0 Å². The predicted octanol–water partition coefficient (Wildman–Crippen LogP) is 2.97. The van der Waals surface area contributed by atoms with Crippen LogP contribution in [0.1, 0.15) is 43.9 Å². The summed E-state index contributed by atoms with van der Waals surface area (Å²) >= 11 is 2.70. The molecule has 0 spiro atoms. The first-order valence-electron chi connectivity index (χ1n) is 7.49. The highest BCUT2D eigenvalue weighted by atomic mass is 32.1. The Kier molecular flexibility index (Phi) is 4.86. The molecule has 1 atom stereocenters. The van der Waals surface area contributed by atoms with Gasteiger partial charge >= 0.3 is 0 Å². The summed E-state index contributed by atoms with van der Waals surface area (Å²) < 4.78 is 0. The molecule has 0 aliphatic heterocycles. The van der Waals surface area contributed by atoms with Gasteiger partial charge in [-0.3, -0.25) is 4.79 Å². The minimum Gasteiger partial charge on any atom is -0.374 e. The summed E-state index contributed by atoms with van der Waals surface area (Å²) in [5, 5.41) is 13.0. The average Bonchev–Trinajstić information content (AvgIpc) is 3.19. The number of nitrogen functional groups attached to an aromatic ring is 1. The number of aryl methyl sites for hydroxylation is 2. The van der Waals surface area contributed by atoms with Crippen LogP contribution >= 0.6 is 22.7 Å². The van der Waals surface area contributed by atoms with Gasteiger partial charge in [0.2, 0.25) is 5.13 Å². The molecule has 0 saturated heterocycles. The second kappa shape index (κ2) is 7.06. The maximum atomic E-state index is 12.7. The van der Waals surface area contributed by atoms with Gasteiger partial charge in [0.1, 0.15) is 15.9 Å². The summed E-state index contributed by atoms with van der Waals surface area (Å²) in [4.78, 5) is 17.8. The minimum absolute atomic E-state index is 0.160. The standard InChI is InChI=1S/C16H17N5OS2/c1-3-11-18-9(2)13(23-11)14(22)19-12(10-7-5-4-6-8-10)15-20-21-16(17)24-15/h4-8,12H,3H2,1-2H3,(H2,17,21)(H,19,22)/t12-/m0/s1. The van der Waals surface area contributed by atoms with Gasteiger partial charge in [0.25, 0.3) is 5.91 Å². The number of amides is 1. The second-order valence-corrected chi connectivity index (χ2v) is 7.30. The van der Waals surface area contributed by atoms with Gasteiger partial charge in [-0.1, -0.05) is 48.6 Å². The summed E-state index contributed by atoms with van der Waals surface area (Å²) in [6.07, 6.45) is 0.813. The molecule has 0 saturated carbocycles. The fourth-order valence-electron chi connectivity index (χ4n) is 2.31. The van der Waals surface area contributed by atoms with Crippen molar-refractivity contribution < 1.29 is 4.79 Å². The van der Waals surface area contributed by atoms with E-state index in [-0.39, 0.29) is 11.9 Å². The van der Waals surface area contributed by atoms with E-state index in [4.69, 9.17) is 5.73 Å². The Labute approximate surface area is 147 Å². The van der Waals surface area contributed by atoms with E-state index < -0.39 is 0 Å². The van der Waals surface area contributed by atoms with Gasteiger partial charge in [-0.25, -0.2) is 4.98 Å². The third-order valence-corrected chi connectivity index (χ3v) is 5.58. The molecule has 3 N–H and O–H groups in total. The van der Waals surface area contributed by atoms with Crippen LogP contribution < -0.4 is 11.1 Å². The van der Waals surface area contributed by atoms with Crippen LogP contribution in [0.4, 0.5) is 5.13 Å². The Hall–Kier alpha value is -2.32. The first kappa shape index (κ1) is 16.5. The third-order valence-electron chi connectivity index (χ3n) is 3.46. The fourth-order valence-corrected chi connectivity index (χ4v) is 3.91. The van der Waals surface area contributed by atoms with Gasteiger partial charge in [-0.05, 0) is 18.9 Å². The number of carbonyl (C=O) groups excluding carboxylic acids is 1. The second-order valence-electron chi connectivity index (χ2n) is 5.17. The molecule has 2 aromatic heterocycles. The smallest absolute Gasteiger partial charge is 0.264 e. The number of benzene rings is 1. The van der Waals surface area contributed by atoms with E-state index in [9.17, 15) is 4.79 Å². The number of aromatic nitrogens is 3. The Morgan fingerprint density at radius 2 is 2.00 bits per heavy atom. The van der Waals surface area contributed by atoms with E-state index in [2.05, 4.69) is 20.5 Å². The fraction of sp³-hybridized carbons (Fsp3) is 0.250. The summed E-state index contributed by atoms with van der Waals surface area (Å²) in [5.41, 5.74) is 7.38. The van der Waals surface area contributed by atoms with Crippen molar-refractivity contribution in [2.75, 3.05) is 5.73 Å². The zero-order valence-electron chi connectivity index (χ0n) is 13.3. The molecule has 3 rings (SSSR count). The van der Waals surface area contributed by atoms with Crippen molar-refractivity contribution >= 4 is 33.7 Å². The van der Waals surface area contributed by atoms with E-state index in [1.807, 2.05) is 44.2 Å². The topological polar surface area (TPSA) is 93.8 Å². The van der Waals surface area contributed by atoms with E-state index >= 15 is 0 Å². The first-order chi connectivity index (χ1) is 11.6. The molecule has 124 valence electrons. The van der Waals surface area contributed by atoms with Crippen LogP contribution in [-0.2, 0) is 6.42 Å². The van der Waals surface area contributed by atoms with Crippen molar-refractivity contribution in [1.29, 1.82) is 0 Å². The lowest BCUT2D eigenvalue weighted by Crippen LogP contribution is -2.29. The molecule has 0 aliphatic rings. The largest absolute Gasteiger partial charge is 0.374 e. The normalized spacial score (nSPS) is 12.1. The van der Waals surface area contributed by atoms with Gasteiger partial charge in [-0.15, -0.1) is 21.5 Å². The van der Waals surface area contributed by atoms with E-state index in [1.165, 1.54) is 22.7 Å². The zero-order chi connectivity index (χ0) is 17.1. The Bertz CT molecular complexity index is 843. The molecule has 3 aromatic rings. The molecule has 0 aliphatic carbocycles.